The molecular weight excluding hydrogens is 246 g/mol. The van der Waals surface area contributed by atoms with Crippen molar-refractivity contribution in [3.05, 3.63) is 40.5 Å². The summed E-state index contributed by atoms with van der Waals surface area (Å²) < 4.78 is 5.38. The van der Waals surface area contributed by atoms with Crippen molar-refractivity contribution < 1.29 is 0 Å². The maximum Gasteiger partial charge on any atom is 0.0563 e. The van der Waals surface area contributed by atoms with Crippen molar-refractivity contribution in [2.24, 2.45) is 0 Å². The predicted octanol–water partition coefficient (Wildman–Crippen LogP) is 3.88. The molecule has 1 nitrogen and oxygen atoms in total. The Balaban J connectivity index is 2.52. The lowest BCUT2D eigenvalue weighted by Crippen LogP contribution is -1.73. The van der Waals surface area contributed by atoms with E-state index in [2.05, 4.69) is 32.4 Å². The van der Waals surface area contributed by atoms with Gasteiger partial charge < -0.3 is 0 Å². The minimum absolute atomic E-state index is 1.08. The molecule has 1 aromatic heterocycles. The average molecular weight is 254 g/mol. The Morgan fingerprint density at radius 2 is 2.08 bits per heavy atom. The van der Waals surface area contributed by atoms with Crippen molar-refractivity contribution in [1.29, 1.82) is 0 Å². The number of hydrogen-bond donors (Lipinski definition) is 0. The Morgan fingerprint density at radius 3 is 2.69 bits per heavy atom. The van der Waals surface area contributed by atoms with Gasteiger partial charge in [-0.1, -0.05) is 34.1 Å². The topological polar surface area (TPSA) is 12.9 Å². The van der Waals surface area contributed by atoms with E-state index in [1.165, 1.54) is 22.0 Å². The Hall–Kier alpha value is -0.670. The molecule has 0 N–H and O–H groups in total. The van der Waals surface area contributed by atoms with Gasteiger partial charge in [0, 0.05) is 10.0 Å². The van der Waals surface area contributed by atoms with Gasteiger partial charge in [-0.15, -0.1) is 0 Å². The van der Waals surface area contributed by atoms with Crippen molar-refractivity contribution in [1.82, 2.24) is 4.37 Å². The first-order valence-electron chi connectivity index (χ1n) is 3.95. The van der Waals surface area contributed by atoms with Gasteiger partial charge >= 0.3 is 0 Å². The van der Waals surface area contributed by atoms with Gasteiger partial charge in [-0.05, 0) is 30.6 Å². The fourth-order valence-corrected chi connectivity index (χ4v) is 2.58. The number of hydrogen-bond acceptors (Lipinski definition) is 2. The Labute approximate surface area is 89.7 Å². The molecule has 0 aliphatic heterocycles. The fraction of sp³-hybridized carbons (Fsp3) is 0.100. The zero-order valence-electron chi connectivity index (χ0n) is 7.12. The molecule has 0 saturated heterocycles. The van der Waals surface area contributed by atoms with E-state index in [0.29, 0.717) is 0 Å². The number of halogens is 1. The molecule has 1 aromatic carbocycles. The number of aromatic nitrogens is 1. The standard InChI is InChI=1S/C10H8BrNS/c1-7-6-10(13-12-7)8-4-2-3-5-9(8)11/h2-6H,1H3. The first-order chi connectivity index (χ1) is 6.27. The van der Waals surface area contributed by atoms with Crippen LogP contribution in [-0.2, 0) is 0 Å². The second kappa shape index (κ2) is 3.60. The van der Waals surface area contributed by atoms with Gasteiger partial charge in [0.15, 0.2) is 0 Å². The minimum Gasteiger partial charge on any atom is -0.197 e. The van der Waals surface area contributed by atoms with Crippen molar-refractivity contribution in [2.45, 2.75) is 6.92 Å². The van der Waals surface area contributed by atoms with Crippen LogP contribution in [0.1, 0.15) is 5.69 Å². The van der Waals surface area contributed by atoms with Crippen LogP contribution < -0.4 is 0 Å². The van der Waals surface area contributed by atoms with E-state index in [-0.39, 0.29) is 0 Å². The molecular formula is C10H8BrNS. The second-order valence-corrected chi connectivity index (χ2v) is 4.47. The van der Waals surface area contributed by atoms with Crippen LogP contribution in [0.25, 0.3) is 10.4 Å². The first kappa shape index (κ1) is 8.91. The summed E-state index contributed by atoms with van der Waals surface area (Å²) in [5, 5.41) is 0. The van der Waals surface area contributed by atoms with Gasteiger partial charge in [-0.3, -0.25) is 0 Å². The van der Waals surface area contributed by atoms with Crippen LogP contribution in [0.4, 0.5) is 0 Å². The summed E-state index contributed by atoms with van der Waals surface area (Å²) in [6, 6.07) is 10.3. The molecule has 13 heavy (non-hydrogen) atoms. The summed E-state index contributed by atoms with van der Waals surface area (Å²) in [4.78, 5) is 1.21. The molecule has 0 unspecified atom stereocenters. The van der Waals surface area contributed by atoms with E-state index >= 15 is 0 Å². The van der Waals surface area contributed by atoms with Gasteiger partial charge in [0.25, 0.3) is 0 Å². The third kappa shape index (κ3) is 1.81. The molecule has 0 aliphatic carbocycles. The Bertz CT molecular complexity index is 422. The second-order valence-electron chi connectivity index (χ2n) is 2.81. The van der Waals surface area contributed by atoms with Crippen LogP contribution in [0.2, 0.25) is 0 Å². The van der Waals surface area contributed by atoms with E-state index in [4.69, 9.17) is 0 Å². The highest BCUT2D eigenvalue weighted by molar-refractivity contribution is 9.10. The van der Waals surface area contributed by atoms with Crippen LogP contribution in [0.3, 0.4) is 0 Å². The van der Waals surface area contributed by atoms with Crippen molar-refractivity contribution in [3.8, 4) is 10.4 Å². The van der Waals surface area contributed by atoms with E-state index in [0.717, 1.165) is 10.2 Å². The molecule has 2 aromatic rings. The largest absolute Gasteiger partial charge is 0.197 e. The van der Waals surface area contributed by atoms with E-state index in [9.17, 15) is 0 Å². The number of aryl methyl sites for hydroxylation is 1. The average Bonchev–Trinajstić information content (AvgIpc) is 2.53. The van der Waals surface area contributed by atoms with E-state index in [1.807, 2.05) is 25.1 Å². The third-order valence-corrected chi connectivity index (χ3v) is 3.37. The zero-order chi connectivity index (χ0) is 9.26. The maximum absolute atomic E-state index is 4.25. The van der Waals surface area contributed by atoms with Gasteiger partial charge in [0.1, 0.15) is 0 Å². The third-order valence-electron chi connectivity index (χ3n) is 1.77. The predicted molar refractivity (Wildman–Crippen MR) is 60.0 cm³/mol. The summed E-state index contributed by atoms with van der Waals surface area (Å²) in [6.45, 7) is 2.01. The lowest BCUT2D eigenvalue weighted by atomic mass is 10.2. The molecule has 0 amide bonds. The van der Waals surface area contributed by atoms with Crippen molar-refractivity contribution >= 4 is 27.5 Å². The van der Waals surface area contributed by atoms with Gasteiger partial charge in [0.2, 0.25) is 0 Å². The van der Waals surface area contributed by atoms with Gasteiger partial charge in [-0.25, -0.2) is 0 Å². The summed E-state index contributed by atoms with van der Waals surface area (Å²) >= 11 is 5.06. The molecule has 2 rings (SSSR count). The molecule has 0 bridgehead atoms. The number of rotatable bonds is 1. The SMILES string of the molecule is Cc1cc(-c2ccccc2Br)sn1. The lowest BCUT2D eigenvalue weighted by Gasteiger charge is -1.98. The highest BCUT2D eigenvalue weighted by Crippen LogP contribution is 2.30. The molecule has 0 atom stereocenters. The first-order valence-corrected chi connectivity index (χ1v) is 5.52. The molecule has 0 aliphatic rings. The fourth-order valence-electron chi connectivity index (χ4n) is 1.15. The van der Waals surface area contributed by atoms with Gasteiger partial charge in [-0.2, -0.15) is 4.37 Å². The van der Waals surface area contributed by atoms with Gasteiger partial charge in [0.05, 0.1) is 10.6 Å². The van der Waals surface area contributed by atoms with Crippen LogP contribution >= 0.6 is 27.5 Å². The molecule has 0 spiro atoms. The van der Waals surface area contributed by atoms with Crippen LogP contribution in [0, 0.1) is 6.92 Å². The Morgan fingerprint density at radius 1 is 1.31 bits per heavy atom. The quantitative estimate of drug-likeness (QED) is 0.752. The molecule has 0 radical (unpaired) electrons. The molecule has 3 heteroatoms. The maximum atomic E-state index is 4.25. The van der Waals surface area contributed by atoms with E-state index < -0.39 is 0 Å². The summed E-state index contributed by atoms with van der Waals surface area (Å²) in [7, 11) is 0. The Kier molecular flexibility index (Phi) is 2.47. The lowest BCUT2D eigenvalue weighted by molar-refractivity contribution is 1.35. The normalized spacial score (nSPS) is 10.3. The number of nitrogens with zero attached hydrogens (tertiary/aromatic N) is 1. The van der Waals surface area contributed by atoms with Crippen LogP contribution in [0.15, 0.2) is 34.8 Å². The number of benzene rings is 1. The molecule has 0 saturated carbocycles. The van der Waals surface area contributed by atoms with E-state index in [1.54, 1.807) is 0 Å². The molecule has 0 fully saturated rings. The molecule has 1 heterocycles. The van der Waals surface area contributed by atoms with Crippen molar-refractivity contribution in [3.63, 3.8) is 0 Å². The highest BCUT2D eigenvalue weighted by atomic mass is 79.9. The van der Waals surface area contributed by atoms with Crippen LogP contribution in [-0.4, -0.2) is 4.37 Å². The van der Waals surface area contributed by atoms with Crippen molar-refractivity contribution in [2.75, 3.05) is 0 Å². The highest BCUT2D eigenvalue weighted by Gasteiger charge is 2.04. The molecule has 66 valence electrons. The monoisotopic (exact) mass is 253 g/mol. The smallest absolute Gasteiger partial charge is 0.0563 e. The summed E-state index contributed by atoms with van der Waals surface area (Å²) in [5.41, 5.74) is 2.30. The zero-order valence-corrected chi connectivity index (χ0v) is 9.52. The van der Waals surface area contributed by atoms with Crippen LogP contribution in [0.5, 0.6) is 0 Å². The summed E-state index contributed by atoms with van der Waals surface area (Å²) in [6.07, 6.45) is 0. The minimum atomic E-state index is 1.08. The summed E-state index contributed by atoms with van der Waals surface area (Å²) in [5.74, 6) is 0.